The van der Waals surface area contributed by atoms with Gasteiger partial charge in [0.25, 0.3) is 0 Å². The minimum Gasteiger partial charge on any atom is -0.376 e. The maximum Gasteiger partial charge on any atom is 0.314 e. The maximum atomic E-state index is 11.6. The molecule has 2 atom stereocenters. The average Bonchev–Trinajstić information content (AvgIpc) is 2.74. The van der Waals surface area contributed by atoms with Gasteiger partial charge in [-0.25, -0.2) is 4.79 Å². The number of hydrogen-bond acceptors (Lipinski definition) is 2. The van der Waals surface area contributed by atoms with Crippen molar-refractivity contribution in [1.29, 1.82) is 0 Å². The standard InChI is InChI=1S/C16H22Cl2N2O2/c1-2-19-16(21)20-10-15-12(5-3-4-8-22-15)11-6-7-13(17)14(18)9-11/h6-7,9,12,15H,2-5,8,10H2,1H3,(H2,19,20,21)/t12?,15-/m0/s1. The summed E-state index contributed by atoms with van der Waals surface area (Å²) in [6.07, 6.45) is 3.10. The van der Waals surface area contributed by atoms with E-state index in [0.29, 0.717) is 23.1 Å². The molecular weight excluding hydrogens is 323 g/mol. The molecule has 1 saturated heterocycles. The first-order valence-corrected chi connectivity index (χ1v) is 8.45. The Kier molecular flexibility index (Phi) is 6.80. The first-order chi connectivity index (χ1) is 10.6. The molecule has 6 heteroatoms. The summed E-state index contributed by atoms with van der Waals surface area (Å²) < 4.78 is 5.95. The SMILES string of the molecule is CCNC(=O)NC[C@@H]1OCCCCC1c1ccc(Cl)c(Cl)c1. The Balaban J connectivity index is 2.09. The van der Waals surface area contributed by atoms with Crippen LogP contribution in [0.5, 0.6) is 0 Å². The summed E-state index contributed by atoms with van der Waals surface area (Å²) in [5.74, 6) is 0.208. The smallest absolute Gasteiger partial charge is 0.314 e. The third-order valence-corrected chi connectivity index (χ3v) is 4.60. The lowest BCUT2D eigenvalue weighted by Crippen LogP contribution is -2.42. The van der Waals surface area contributed by atoms with Gasteiger partial charge in [-0.05, 0) is 37.5 Å². The van der Waals surface area contributed by atoms with Gasteiger partial charge in [-0.15, -0.1) is 0 Å². The Morgan fingerprint density at radius 2 is 2.09 bits per heavy atom. The molecule has 0 aliphatic carbocycles. The van der Waals surface area contributed by atoms with Crippen molar-refractivity contribution >= 4 is 29.2 Å². The Morgan fingerprint density at radius 1 is 1.27 bits per heavy atom. The fraction of sp³-hybridized carbons (Fsp3) is 0.562. The van der Waals surface area contributed by atoms with Crippen LogP contribution in [0.25, 0.3) is 0 Å². The van der Waals surface area contributed by atoms with Crippen molar-refractivity contribution in [1.82, 2.24) is 10.6 Å². The summed E-state index contributed by atoms with van der Waals surface area (Å²) in [5, 5.41) is 6.71. The molecule has 122 valence electrons. The average molecular weight is 345 g/mol. The van der Waals surface area contributed by atoms with Crippen molar-refractivity contribution in [2.75, 3.05) is 19.7 Å². The van der Waals surface area contributed by atoms with Crippen LogP contribution in [-0.4, -0.2) is 31.8 Å². The highest BCUT2D eigenvalue weighted by molar-refractivity contribution is 6.42. The van der Waals surface area contributed by atoms with Crippen LogP contribution in [0.2, 0.25) is 10.0 Å². The van der Waals surface area contributed by atoms with E-state index in [-0.39, 0.29) is 18.1 Å². The summed E-state index contributed by atoms with van der Waals surface area (Å²) in [4.78, 5) is 11.6. The summed E-state index contributed by atoms with van der Waals surface area (Å²) in [5.41, 5.74) is 1.11. The van der Waals surface area contributed by atoms with E-state index in [2.05, 4.69) is 10.6 Å². The monoisotopic (exact) mass is 344 g/mol. The van der Waals surface area contributed by atoms with Crippen LogP contribution in [0, 0.1) is 0 Å². The van der Waals surface area contributed by atoms with E-state index >= 15 is 0 Å². The maximum absolute atomic E-state index is 11.6. The van der Waals surface area contributed by atoms with Crippen LogP contribution >= 0.6 is 23.2 Å². The highest BCUT2D eigenvalue weighted by atomic mass is 35.5. The molecule has 0 radical (unpaired) electrons. The number of amides is 2. The number of nitrogens with one attached hydrogen (secondary N) is 2. The molecule has 0 saturated carbocycles. The Bertz CT molecular complexity index is 511. The number of rotatable bonds is 4. The Morgan fingerprint density at radius 3 is 2.82 bits per heavy atom. The zero-order chi connectivity index (χ0) is 15.9. The van der Waals surface area contributed by atoms with Crippen molar-refractivity contribution in [2.45, 2.75) is 38.2 Å². The van der Waals surface area contributed by atoms with Gasteiger partial charge in [0, 0.05) is 25.6 Å². The first kappa shape index (κ1) is 17.4. The molecule has 2 amide bonds. The quantitative estimate of drug-likeness (QED) is 0.868. The van der Waals surface area contributed by atoms with Crippen molar-refractivity contribution in [3.05, 3.63) is 33.8 Å². The number of urea groups is 1. The van der Waals surface area contributed by atoms with Gasteiger partial charge in [0.2, 0.25) is 0 Å². The molecule has 1 heterocycles. The molecule has 2 N–H and O–H groups in total. The van der Waals surface area contributed by atoms with Crippen LogP contribution in [0.3, 0.4) is 0 Å². The molecule has 1 unspecified atom stereocenters. The molecule has 1 aliphatic heterocycles. The molecular formula is C16H22Cl2N2O2. The number of ether oxygens (including phenoxy) is 1. The number of halogens is 2. The summed E-state index contributed by atoms with van der Waals surface area (Å²) in [6, 6.07) is 5.55. The highest BCUT2D eigenvalue weighted by Crippen LogP contribution is 2.33. The number of benzene rings is 1. The largest absolute Gasteiger partial charge is 0.376 e. The van der Waals surface area contributed by atoms with E-state index in [1.807, 2.05) is 25.1 Å². The predicted octanol–water partition coefficient (Wildman–Crippen LogP) is 3.97. The van der Waals surface area contributed by atoms with E-state index in [1.54, 1.807) is 0 Å². The van der Waals surface area contributed by atoms with E-state index in [4.69, 9.17) is 27.9 Å². The van der Waals surface area contributed by atoms with Crippen molar-refractivity contribution in [3.8, 4) is 0 Å². The van der Waals surface area contributed by atoms with Crippen LogP contribution in [0.1, 0.15) is 37.7 Å². The molecule has 2 rings (SSSR count). The number of carbonyl (C=O) groups excluding carboxylic acids is 1. The summed E-state index contributed by atoms with van der Waals surface area (Å²) in [7, 11) is 0. The van der Waals surface area contributed by atoms with Crippen molar-refractivity contribution in [3.63, 3.8) is 0 Å². The second-order valence-electron chi connectivity index (χ2n) is 5.43. The summed E-state index contributed by atoms with van der Waals surface area (Å²) >= 11 is 12.1. The van der Waals surface area contributed by atoms with Gasteiger partial charge in [-0.1, -0.05) is 35.7 Å². The van der Waals surface area contributed by atoms with E-state index in [1.165, 1.54) is 0 Å². The Hall–Kier alpha value is -0.970. The van der Waals surface area contributed by atoms with Gasteiger partial charge in [-0.2, -0.15) is 0 Å². The minimum absolute atomic E-state index is 0.0534. The van der Waals surface area contributed by atoms with Crippen LogP contribution in [0.15, 0.2) is 18.2 Å². The van der Waals surface area contributed by atoms with Gasteiger partial charge >= 0.3 is 6.03 Å². The highest BCUT2D eigenvalue weighted by Gasteiger charge is 2.27. The summed E-state index contributed by atoms with van der Waals surface area (Å²) in [6.45, 7) is 3.70. The number of carbonyl (C=O) groups is 1. The molecule has 1 aromatic carbocycles. The first-order valence-electron chi connectivity index (χ1n) is 7.70. The van der Waals surface area contributed by atoms with Crippen LogP contribution < -0.4 is 10.6 Å². The molecule has 1 aliphatic rings. The molecule has 0 bridgehead atoms. The minimum atomic E-state index is -0.164. The fourth-order valence-corrected chi connectivity index (χ4v) is 3.05. The zero-order valence-corrected chi connectivity index (χ0v) is 14.2. The third-order valence-electron chi connectivity index (χ3n) is 3.86. The van der Waals surface area contributed by atoms with Crippen molar-refractivity contribution in [2.24, 2.45) is 0 Å². The van der Waals surface area contributed by atoms with Gasteiger partial charge in [0.05, 0.1) is 16.1 Å². The molecule has 4 nitrogen and oxygen atoms in total. The lowest BCUT2D eigenvalue weighted by atomic mass is 9.89. The molecule has 1 fully saturated rings. The van der Waals surface area contributed by atoms with Gasteiger partial charge < -0.3 is 15.4 Å². The Labute approximate surface area is 141 Å². The molecule has 0 aromatic heterocycles. The molecule has 1 aromatic rings. The molecule has 22 heavy (non-hydrogen) atoms. The lowest BCUT2D eigenvalue weighted by molar-refractivity contribution is 0.0478. The second kappa shape index (κ2) is 8.61. The van der Waals surface area contributed by atoms with E-state index in [0.717, 1.165) is 31.4 Å². The third kappa shape index (κ3) is 4.77. The predicted molar refractivity (Wildman–Crippen MR) is 89.9 cm³/mol. The van der Waals surface area contributed by atoms with Gasteiger partial charge in [0.15, 0.2) is 0 Å². The zero-order valence-electron chi connectivity index (χ0n) is 12.7. The van der Waals surface area contributed by atoms with E-state index < -0.39 is 0 Å². The second-order valence-corrected chi connectivity index (χ2v) is 6.24. The fourth-order valence-electron chi connectivity index (χ4n) is 2.74. The lowest BCUT2D eigenvalue weighted by Gasteiger charge is -2.26. The normalized spacial score (nSPS) is 22.0. The van der Waals surface area contributed by atoms with Crippen LogP contribution in [0.4, 0.5) is 4.79 Å². The van der Waals surface area contributed by atoms with Crippen molar-refractivity contribution < 1.29 is 9.53 Å². The molecule has 0 spiro atoms. The van der Waals surface area contributed by atoms with Gasteiger partial charge in [0.1, 0.15) is 0 Å². The van der Waals surface area contributed by atoms with Gasteiger partial charge in [-0.3, -0.25) is 0 Å². The number of hydrogen-bond donors (Lipinski definition) is 2. The van der Waals surface area contributed by atoms with Crippen LogP contribution in [-0.2, 0) is 4.74 Å². The topological polar surface area (TPSA) is 50.4 Å². The van der Waals surface area contributed by atoms with E-state index in [9.17, 15) is 4.79 Å².